The summed E-state index contributed by atoms with van der Waals surface area (Å²) in [6, 6.07) is 20.4. The molecule has 0 amide bonds. The van der Waals surface area contributed by atoms with Gasteiger partial charge in [0.2, 0.25) is 0 Å². The molecule has 0 bridgehead atoms. The van der Waals surface area contributed by atoms with Gasteiger partial charge in [0.1, 0.15) is 34.4 Å². The van der Waals surface area contributed by atoms with Crippen LogP contribution >= 0.6 is 0 Å². The van der Waals surface area contributed by atoms with Gasteiger partial charge < -0.3 is 0 Å². The molecule has 16 heteroatoms. The van der Waals surface area contributed by atoms with E-state index in [2.05, 4.69) is 25.1 Å². The normalized spacial score (nSPS) is 10.9. The predicted octanol–water partition coefficient (Wildman–Crippen LogP) is 8.01. The standard InChI is InChI=1S/C11H7F2N.2C9H6F3N3.Ir/c12-8-4-5-9(10(13)7-8)11-3-1-2-6-14-11;2*10-9(11,12)8-5-7(14-15-8)6-3-1-2-4-13-6;/h1-7H;2*1-5H,(H,14,15);. The second-order valence-electron chi connectivity index (χ2n) is 8.60. The number of halogens is 8. The summed E-state index contributed by atoms with van der Waals surface area (Å²) in [5.41, 5.74) is 0.252. The van der Waals surface area contributed by atoms with Crippen molar-refractivity contribution in [1.29, 1.82) is 0 Å². The van der Waals surface area contributed by atoms with Gasteiger partial charge in [0.05, 0.1) is 17.1 Å². The fraction of sp³-hybridized carbons (Fsp3) is 0.0690. The van der Waals surface area contributed by atoms with Crippen molar-refractivity contribution in [2.24, 2.45) is 0 Å². The van der Waals surface area contributed by atoms with E-state index in [0.717, 1.165) is 18.2 Å². The second kappa shape index (κ2) is 15.3. The van der Waals surface area contributed by atoms with Gasteiger partial charge in [-0.05, 0) is 60.7 Å². The molecule has 1 aromatic carbocycles. The van der Waals surface area contributed by atoms with Crippen molar-refractivity contribution in [2.75, 3.05) is 0 Å². The Hall–Kier alpha value is -4.82. The third-order valence-electron chi connectivity index (χ3n) is 5.49. The number of aromatic nitrogens is 7. The number of nitrogens with one attached hydrogen (secondary N) is 2. The van der Waals surface area contributed by atoms with Crippen LogP contribution in [0.15, 0.2) is 104 Å². The molecule has 6 rings (SSSR count). The fourth-order valence-electron chi connectivity index (χ4n) is 3.44. The van der Waals surface area contributed by atoms with E-state index in [1.54, 1.807) is 60.8 Å². The van der Waals surface area contributed by atoms with Crippen LogP contribution in [0.4, 0.5) is 35.1 Å². The number of aromatic amines is 2. The first kappa shape index (κ1) is 34.7. The van der Waals surface area contributed by atoms with Gasteiger partial charge in [0.15, 0.2) is 0 Å². The molecule has 0 fully saturated rings. The fourth-order valence-corrected chi connectivity index (χ4v) is 3.44. The Morgan fingerprint density at radius 2 is 0.911 bits per heavy atom. The van der Waals surface area contributed by atoms with Crippen LogP contribution in [-0.4, -0.2) is 35.3 Å². The number of H-pyrrole nitrogens is 2. The van der Waals surface area contributed by atoms with E-state index in [9.17, 15) is 35.1 Å². The SMILES string of the molecule is FC(F)(F)c1cc(-c2ccccn2)n[nH]1.FC(F)(F)c1cc(-c2ccccn2)n[nH]1.Fc1ccc(-c2ccccn2)c(F)c1.[Ir]. The van der Waals surface area contributed by atoms with Gasteiger partial charge in [0.25, 0.3) is 0 Å². The molecule has 235 valence electrons. The van der Waals surface area contributed by atoms with E-state index in [1.807, 2.05) is 10.2 Å². The maximum absolute atomic E-state index is 13.3. The van der Waals surface area contributed by atoms with E-state index in [4.69, 9.17) is 0 Å². The molecule has 0 unspecified atom stereocenters. The largest absolute Gasteiger partial charge is 0.432 e. The number of nitrogens with zero attached hydrogens (tertiary/aromatic N) is 5. The van der Waals surface area contributed by atoms with Crippen LogP contribution in [0, 0.1) is 11.6 Å². The smallest absolute Gasteiger partial charge is 0.273 e. The van der Waals surface area contributed by atoms with Gasteiger partial charge in [-0.15, -0.1) is 0 Å². The van der Waals surface area contributed by atoms with Crippen LogP contribution in [0.3, 0.4) is 0 Å². The van der Waals surface area contributed by atoms with Crippen molar-refractivity contribution >= 4 is 0 Å². The topological polar surface area (TPSA) is 96.0 Å². The summed E-state index contributed by atoms with van der Waals surface area (Å²) in [4.78, 5) is 11.8. The number of hydrogen-bond acceptors (Lipinski definition) is 5. The summed E-state index contributed by atoms with van der Waals surface area (Å²) < 4.78 is 99.2. The average Bonchev–Trinajstić information content (AvgIpc) is 3.71. The van der Waals surface area contributed by atoms with Crippen LogP contribution in [0.25, 0.3) is 34.0 Å². The molecule has 0 spiro atoms. The number of alkyl halides is 6. The Morgan fingerprint density at radius 1 is 0.489 bits per heavy atom. The molecular formula is C29H19F8IrN7. The molecule has 45 heavy (non-hydrogen) atoms. The predicted molar refractivity (Wildman–Crippen MR) is 143 cm³/mol. The van der Waals surface area contributed by atoms with Gasteiger partial charge in [-0.1, -0.05) is 18.2 Å². The Bertz CT molecular complexity index is 1670. The summed E-state index contributed by atoms with van der Waals surface area (Å²) in [5.74, 6) is -1.18. The molecule has 0 aliphatic heterocycles. The van der Waals surface area contributed by atoms with Crippen molar-refractivity contribution in [3.63, 3.8) is 0 Å². The van der Waals surface area contributed by atoms with Crippen molar-refractivity contribution in [2.45, 2.75) is 12.4 Å². The molecule has 0 saturated heterocycles. The summed E-state index contributed by atoms with van der Waals surface area (Å²) >= 11 is 0. The minimum absolute atomic E-state index is 0. The monoisotopic (exact) mass is 810 g/mol. The molecule has 5 aromatic heterocycles. The zero-order chi connectivity index (χ0) is 31.7. The van der Waals surface area contributed by atoms with E-state index in [0.29, 0.717) is 22.6 Å². The van der Waals surface area contributed by atoms with Crippen molar-refractivity contribution in [3.8, 4) is 34.0 Å². The minimum Gasteiger partial charge on any atom is -0.273 e. The number of rotatable bonds is 3. The number of hydrogen-bond donors (Lipinski definition) is 2. The Labute approximate surface area is 263 Å². The zero-order valence-corrected chi connectivity index (χ0v) is 24.8. The van der Waals surface area contributed by atoms with Crippen molar-refractivity contribution in [3.05, 3.63) is 127 Å². The summed E-state index contributed by atoms with van der Waals surface area (Å²) in [5, 5.41) is 10.9. The van der Waals surface area contributed by atoms with Crippen LogP contribution < -0.4 is 0 Å². The molecule has 6 aromatic rings. The molecule has 5 heterocycles. The molecule has 2 N–H and O–H groups in total. The minimum atomic E-state index is -4.40. The van der Waals surface area contributed by atoms with E-state index >= 15 is 0 Å². The van der Waals surface area contributed by atoms with Gasteiger partial charge in [-0.25, -0.2) is 8.78 Å². The first-order valence-corrected chi connectivity index (χ1v) is 12.4. The van der Waals surface area contributed by atoms with Crippen LogP contribution in [0.2, 0.25) is 0 Å². The van der Waals surface area contributed by atoms with Crippen molar-refractivity contribution in [1.82, 2.24) is 35.3 Å². The molecule has 1 radical (unpaired) electrons. The molecule has 7 nitrogen and oxygen atoms in total. The van der Waals surface area contributed by atoms with E-state index in [1.165, 1.54) is 24.5 Å². The van der Waals surface area contributed by atoms with Gasteiger partial charge in [0, 0.05) is 50.3 Å². The molecule has 0 atom stereocenters. The molecular weight excluding hydrogens is 791 g/mol. The zero-order valence-electron chi connectivity index (χ0n) is 22.4. The third-order valence-corrected chi connectivity index (χ3v) is 5.49. The molecule has 0 aliphatic rings. The third kappa shape index (κ3) is 9.84. The first-order valence-electron chi connectivity index (χ1n) is 12.4. The Morgan fingerprint density at radius 3 is 1.24 bits per heavy atom. The maximum atomic E-state index is 13.3. The number of benzene rings is 1. The van der Waals surface area contributed by atoms with Crippen LogP contribution in [-0.2, 0) is 32.5 Å². The first-order chi connectivity index (χ1) is 20.9. The van der Waals surface area contributed by atoms with E-state index < -0.39 is 35.4 Å². The molecule has 0 saturated carbocycles. The Kier molecular flexibility index (Phi) is 11.8. The van der Waals surface area contributed by atoms with E-state index in [-0.39, 0.29) is 31.5 Å². The average molecular weight is 810 g/mol. The second-order valence-corrected chi connectivity index (χ2v) is 8.60. The van der Waals surface area contributed by atoms with Gasteiger partial charge in [-0.3, -0.25) is 25.1 Å². The van der Waals surface area contributed by atoms with Gasteiger partial charge >= 0.3 is 12.4 Å². The maximum Gasteiger partial charge on any atom is 0.432 e. The summed E-state index contributed by atoms with van der Waals surface area (Å²) in [7, 11) is 0. The summed E-state index contributed by atoms with van der Waals surface area (Å²) in [6.45, 7) is 0. The van der Waals surface area contributed by atoms with Gasteiger partial charge in [-0.2, -0.15) is 36.5 Å². The van der Waals surface area contributed by atoms with Crippen LogP contribution in [0.5, 0.6) is 0 Å². The number of pyridine rings is 3. The Balaban J connectivity index is 0.000000182. The van der Waals surface area contributed by atoms with Crippen LogP contribution in [0.1, 0.15) is 11.4 Å². The summed E-state index contributed by atoms with van der Waals surface area (Å²) in [6.07, 6.45) is -4.24. The molecule has 0 aliphatic carbocycles. The van der Waals surface area contributed by atoms with Crippen molar-refractivity contribution < 1.29 is 55.2 Å². The quantitative estimate of drug-likeness (QED) is 0.177.